The van der Waals surface area contributed by atoms with Crippen molar-refractivity contribution in [2.24, 2.45) is 0 Å². The largest absolute Gasteiger partial charge is 0.382 e. The lowest BCUT2D eigenvalue weighted by atomic mass is 10.1. The standard InChI is InChI=1S/C20H26N4O2/c1-15-6-8-16(9-7-15)4-3-5-20(25)24-14-18(26-2)12-17(24)13-23-11-10-19(21)22-23/h3-4,6-11,17-18H,5,12-14H2,1-2H3,(H2,21,22)/b4-3+/t17-,18-/m0/s1. The number of nitrogens with zero attached hydrogens (tertiary/aromatic N) is 3. The number of nitrogen functional groups attached to an aromatic ring is 1. The van der Waals surface area contributed by atoms with Crippen LogP contribution in [0.3, 0.4) is 0 Å². The van der Waals surface area contributed by atoms with Gasteiger partial charge in [-0.3, -0.25) is 9.48 Å². The van der Waals surface area contributed by atoms with Gasteiger partial charge in [0.05, 0.1) is 18.7 Å². The van der Waals surface area contributed by atoms with Gasteiger partial charge in [-0.05, 0) is 25.0 Å². The van der Waals surface area contributed by atoms with Crippen molar-refractivity contribution in [1.82, 2.24) is 14.7 Å². The van der Waals surface area contributed by atoms with Gasteiger partial charge in [-0.25, -0.2) is 0 Å². The Hall–Kier alpha value is -2.60. The molecule has 0 unspecified atom stereocenters. The number of ether oxygens (including phenoxy) is 1. The highest BCUT2D eigenvalue weighted by Crippen LogP contribution is 2.23. The summed E-state index contributed by atoms with van der Waals surface area (Å²) >= 11 is 0. The lowest BCUT2D eigenvalue weighted by Gasteiger charge is -2.24. The molecular weight excluding hydrogens is 328 g/mol. The average molecular weight is 354 g/mol. The van der Waals surface area contributed by atoms with Gasteiger partial charge < -0.3 is 15.4 Å². The maximum absolute atomic E-state index is 12.7. The van der Waals surface area contributed by atoms with E-state index in [0.29, 0.717) is 25.3 Å². The summed E-state index contributed by atoms with van der Waals surface area (Å²) in [4.78, 5) is 14.6. The quantitative estimate of drug-likeness (QED) is 0.865. The van der Waals surface area contributed by atoms with Crippen molar-refractivity contribution in [2.45, 2.75) is 38.5 Å². The first-order chi connectivity index (χ1) is 12.5. The van der Waals surface area contributed by atoms with Gasteiger partial charge in [-0.15, -0.1) is 0 Å². The molecule has 3 rings (SSSR count). The molecule has 26 heavy (non-hydrogen) atoms. The number of amides is 1. The molecule has 1 amide bonds. The Bertz CT molecular complexity index is 766. The first-order valence-corrected chi connectivity index (χ1v) is 8.89. The number of aromatic nitrogens is 2. The predicted molar refractivity (Wildman–Crippen MR) is 102 cm³/mol. The summed E-state index contributed by atoms with van der Waals surface area (Å²) in [7, 11) is 1.69. The van der Waals surface area contributed by atoms with Gasteiger partial charge >= 0.3 is 0 Å². The number of nitrogens with two attached hydrogens (primary N) is 1. The van der Waals surface area contributed by atoms with Gasteiger partial charge in [0.2, 0.25) is 5.91 Å². The summed E-state index contributed by atoms with van der Waals surface area (Å²) < 4.78 is 7.28. The van der Waals surface area contributed by atoms with Crippen LogP contribution in [0.4, 0.5) is 5.82 Å². The number of carbonyl (C=O) groups is 1. The normalized spacial score (nSPS) is 20.2. The summed E-state index contributed by atoms with van der Waals surface area (Å²) in [6.07, 6.45) is 7.01. The van der Waals surface area contributed by atoms with Crippen LogP contribution in [-0.2, 0) is 16.1 Å². The number of carbonyl (C=O) groups excluding carboxylic acids is 1. The van der Waals surface area contributed by atoms with Crippen LogP contribution in [0.25, 0.3) is 6.08 Å². The lowest BCUT2D eigenvalue weighted by Crippen LogP contribution is -2.38. The Morgan fingerprint density at radius 3 is 2.77 bits per heavy atom. The van der Waals surface area contributed by atoms with E-state index in [2.05, 4.69) is 36.3 Å². The Morgan fingerprint density at radius 1 is 1.35 bits per heavy atom. The number of anilines is 1. The molecule has 0 radical (unpaired) electrons. The van der Waals surface area contributed by atoms with E-state index in [1.165, 1.54) is 5.56 Å². The molecule has 1 aromatic heterocycles. The van der Waals surface area contributed by atoms with Crippen LogP contribution in [0.2, 0.25) is 0 Å². The fourth-order valence-electron chi connectivity index (χ4n) is 3.31. The van der Waals surface area contributed by atoms with Gasteiger partial charge in [0.25, 0.3) is 0 Å². The maximum Gasteiger partial charge on any atom is 0.226 e. The summed E-state index contributed by atoms with van der Waals surface area (Å²) in [6, 6.07) is 10.1. The van der Waals surface area contributed by atoms with Crippen LogP contribution < -0.4 is 5.73 Å². The van der Waals surface area contributed by atoms with Crippen molar-refractivity contribution in [2.75, 3.05) is 19.4 Å². The third-order valence-corrected chi connectivity index (χ3v) is 4.77. The molecule has 2 atom stereocenters. The Balaban J connectivity index is 1.62. The molecule has 2 aromatic rings. The van der Waals surface area contributed by atoms with Crippen LogP contribution >= 0.6 is 0 Å². The molecule has 2 N–H and O–H groups in total. The Kier molecular flexibility index (Phi) is 5.73. The molecule has 1 saturated heterocycles. The second kappa shape index (κ2) is 8.19. The van der Waals surface area contributed by atoms with E-state index in [0.717, 1.165) is 12.0 Å². The zero-order chi connectivity index (χ0) is 18.5. The fourth-order valence-corrected chi connectivity index (χ4v) is 3.31. The zero-order valence-corrected chi connectivity index (χ0v) is 15.3. The van der Waals surface area contributed by atoms with Crippen molar-refractivity contribution in [3.8, 4) is 0 Å². The van der Waals surface area contributed by atoms with E-state index in [1.807, 2.05) is 23.2 Å². The number of benzene rings is 1. The van der Waals surface area contributed by atoms with E-state index in [4.69, 9.17) is 10.5 Å². The molecule has 138 valence electrons. The van der Waals surface area contributed by atoms with Crippen LogP contribution in [0, 0.1) is 6.92 Å². The van der Waals surface area contributed by atoms with E-state index in [9.17, 15) is 4.79 Å². The minimum atomic E-state index is 0.0675. The minimum Gasteiger partial charge on any atom is -0.382 e. The average Bonchev–Trinajstić information content (AvgIpc) is 3.23. The first kappa shape index (κ1) is 18.2. The second-order valence-electron chi connectivity index (χ2n) is 6.77. The topological polar surface area (TPSA) is 73.4 Å². The third-order valence-electron chi connectivity index (χ3n) is 4.77. The first-order valence-electron chi connectivity index (χ1n) is 8.89. The number of methoxy groups -OCH3 is 1. The van der Waals surface area contributed by atoms with Gasteiger partial charge in [-0.2, -0.15) is 5.10 Å². The molecule has 6 heteroatoms. The highest BCUT2D eigenvalue weighted by molar-refractivity contribution is 5.79. The highest BCUT2D eigenvalue weighted by atomic mass is 16.5. The van der Waals surface area contributed by atoms with Gasteiger partial charge in [0.15, 0.2) is 0 Å². The minimum absolute atomic E-state index is 0.0675. The molecule has 0 spiro atoms. The van der Waals surface area contributed by atoms with Crippen molar-refractivity contribution in [3.05, 3.63) is 53.7 Å². The van der Waals surface area contributed by atoms with E-state index >= 15 is 0 Å². The molecule has 1 fully saturated rings. The predicted octanol–water partition coefficient (Wildman–Crippen LogP) is 2.49. The molecule has 0 saturated carbocycles. The van der Waals surface area contributed by atoms with Crippen molar-refractivity contribution in [1.29, 1.82) is 0 Å². The van der Waals surface area contributed by atoms with E-state index < -0.39 is 0 Å². The SMILES string of the molecule is CO[C@H]1C[C@@H](Cn2ccc(N)n2)N(C(=O)C/C=C/c2ccc(C)cc2)C1. The second-order valence-corrected chi connectivity index (χ2v) is 6.77. The van der Waals surface area contributed by atoms with E-state index in [1.54, 1.807) is 17.9 Å². The molecule has 0 aliphatic carbocycles. The molecule has 2 heterocycles. The van der Waals surface area contributed by atoms with E-state index in [-0.39, 0.29) is 18.1 Å². The number of aryl methyl sites for hydroxylation is 1. The van der Waals surface area contributed by atoms with Gasteiger partial charge in [0, 0.05) is 26.3 Å². The van der Waals surface area contributed by atoms with Crippen molar-refractivity contribution < 1.29 is 9.53 Å². The summed E-state index contributed by atoms with van der Waals surface area (Å²) in [5.41, 5.74) is 8.01. The number of hydrogen-bond donors (Lipinski definition) is 1. The van der Waals surface area contributed by atoms with Crippen molar-refractivity contribution in [3.63, 3.8) is 0 Å². The number of rotatable bonds is 6. The van der Waals surface area contributed by atoms with Crippen molar-refractivity contribution >= 4 is 17.8 Å². The Morgan fingerprint density at radius 2 is 2.12 bits per heavy atom. The summed E-state index contributed by atoms with van der Waals surface area (Å²) in [6.45, 7) is 3.31. The zero-order valence-electron chi connectivity index (χ0n) is 15.3. The smallest absolute Gasteiger partial charge is 0.226 e. The monoisotopic (exact) mass is 354 g/mol. The highest BCUT2D eigenvalue weighted by Gasteiger charge is 2.35. The van der Waals surface area contributed by atoms with Crippen LogP contribution in [0.5, 0.6) is 0 Å². The van der Waals surface area contributed by atoms with Crippen LogP contribution in [-0.4, -0.2) is 46.4 Å². The molecule has 1 aliphatic heterocycles. The molecule has 6 nitrogen and oxygen atoms in total. The lowest BCUT2D eigenvalue weighted by molar-refractivity contribution is -0.131. The van der Waals surface area contributed by atoms with Gasteiger partial charge in [-0.1, -0.05) is 42.0 Å². The maximum atomic E-state index is 12.7. The van der Waals surface area contributed by atoms with Crippen LogP contribution in [0.1, 0.15) is 24.0 Å². The summed E-state index contributed by atoms with van der Waals surface area (Å²) in [5, 5.41) is 4.23. The summed E-state index contributed by atoms with van der Waals surface area (Å²) in [5.74, 6) is 0.600. The number of likely N-dealkylation sites (tertiary alicyclic amines) is 1. The molecule has 1 aromatic carbocycles. The molecule has 0 bridgehead atoms. The Labute approximate surface area is 154 Å². The molecular formula is C20H26N4O2. The fraction of sp³-hybridized carbons (Fsp3) is 0.400. The third kappa shape index (κ3) is 4.52. The number of hydrogen-bond acceptors (Lipinski definition) is 4. The van der Waals surface area contributed by atoms with Crippen LogP contribution in [0.15, 0.2) is 42.6 Å². The molecule has 1 aliphatic rings. The van der Waals surface area contributed by atoms with Gasteiger partial charge in [0.1, 0.15) is 5.82 Å².